The summed E-state index contributed by atoms with van der Waals surface area (Å²) in [5, 5.41) is 0. The van der Waals surface area contributed by atoms with Crippen LogP contribution in [0.15, 0.2) is 16.9 Å². The molecule has 0 radical (unpaired) electrons. The van der Waals surface area contributed by atoms with Crippen LogP contribution in [0.3, 0.4) is 0 Å². The van der Waals surface area contributed by atoms with Crippen LogP contribution in [-0.4, -0.2) is 9.36 Å². The first-order valence-corrected chi connectivity index (χ1v) is 5.98. The number of hydrogen-bond donors (Lipinski definition) is 1. The van der Waals surface area contributed by atoms with E-state index in [4.69, 9.17) is 5.73 Å². The highest BCUT2D eigenvalue weighted by Gasteiger charge is 2.20. The first-order chi connectivity index (χ1) is 9.25. The Labute approximate surface area is 113 Å². The minimum Gasteiger partial charge on any atom is -0.393 e. The van der Waals surface area contributed by atoms with Gasteiger partial charge in [-0.05, 0) is 5.92 Å². The van der Waals surface area contributed by atoms with Crippen molar-refractivity contribution in [3.05, 3.63) is 45.6 Å². The normalized spacial score (nSPS) is 11.3. The smallest absolute Gasteiger partial charge is 0.294 e. The van der Waals surface area contributed by atoms with Gasteiger partial charge in [0, 0.05) is 19.2 Å². The third kappa shape index (κ3) is 1.99. The lowest BCUT2D eigenvalue weighted by molar-refractivity contribution is 0.444. The van der Waals surface area contributed by atoms with Gasteiger partial charge in [0.05, 0.1) is 11.4 Å². The fourth-order valence-electron chi connectivity index (χ4n) is 2.28. The number of halogens is 3. The van der Waals surface area contributed by atoms with E-state index in [0.717, 1.165) is 16.8 Å². The summed E-state index contributed by atoms with van der Waals surface area (Å²) in [5.74, 6) is -4.35. The maximum atomic E-state index is 13.3. The molecule has 4 nitrogen and oxygen atoms in total. The zero-order valence-electron chi connectivity index (χ0n) is 11.2. The summed E-state index contributed by atoms with van der Waals surface area (Å²) in [6.45, 7) is 3.67. The van der Waals surface area contributed by atoms with E-state index in [1.165, 1.54) is 4.68 Å². The van der Waals surface area contributed by atoms with Crippen LogP contribution in [0.5, 0.6) is 0 Å². The molecule has 0 aliphatic carbocycles. The number of nitrogens with zero attached hydrogens (tertiary/aromatic N) is 2. The maximum Gasteiger partial charge on any atom is 0.294 e. The molecule has 2 aromatic rings. The van der Waals surface area contributed by atoms with E-state index in [0.29, 0.717) is 5.69 Å². The van der Waals surface area contributed by atoms with Crippen molar-refractivity contribution in [1.82, 2.24) is 9.36 Å². The molecule has 0 aliphatic rings. The molecule has 1 aromatic carbocycles. The Morgan fingerprint density at radius 3 is 2.05 bits per heavy atom. The van der Waals surface area contributed by atoms with E-state index in [1.54, 1.807) is 7.05 Å². The summed E-state index contributed by atoms with van der Waals surface area (Å²) in [7, 11) is 1.55. The minimum atomic E-state index is -1.58. The summed E-state index contributed by atoms with van der Waals surface area (Å²) in [6.07, 6.45) is 0. The van der Waals surface area contributed by atoms with E-state index < -0.39 is 23.0 Å². The summed E-state index contributed by atoms with van der Waals surface area (Å²) >= 11 is 0. The van der Waals surface area contributed by atoms with Crippen molar-refractivity contribution in [2.45, 2.75) is 19.8 Å². The van der Waals surface area contributed by atoms with Gasteiger partial charge in [-0.25, -0.2) is 17.9 Å². The Kier molecular flexibility index (Phi) is 3.37. The second kappa shape index (κ2) is 4.73. The van der Waals surface area contributed by atoms with Gasteiger partial charge >= 0.3 is 0 Å². The maximum absolute atomic E-state index is 13.3. The third-order valence-corrected chi connectivity index (χ3v) is 3.11. The van der Waals surface area contributed by atoms with Crippen molar-refractivity contribution >= 4 is 5.69 Å². The molecule has 0 fully saturated rings. The van der Waals surface area contributed by atoms with Gasteiger partial charge in [-0.2, -0.15) is 0 Å². The largest absolute Gasteiger partial charge is 0.393 e. The van der Waals surface area contributed by atoms with Gasteiger partial charge in [0.25, 0.3) is 5.56 Å². The second-order valence-electron chi connectivity index (χ2n) is 4.82. The van der Waals surface area contributed by atoms with Crippen LogP contribution in [-0.2, 0) is 7.05 Å². The lowest BCUT2D eigenvalue weighted by atomic mass is 10.1. The quantitative estimate of drug-likeness (QED) is 0.861. The van der Waals surface area contributed by atoms with E-state index in [2.05, 4.69) is 0 Å². The molecule has 1 aromatic heterocycles. The molecule has 7 heteroatoms. The first kappa shape index (κ1) is 14.2. The van der Waals surface area contributed by atoms with E-state index in [-0.39, 0.29) is 17.3 Å². The van der Waals surface area contributed by atoms with Crippen molar-refractivity contribution < 1.29 is 13.2 Å². The van der Waals surface area contributed by atoms with Crippen LogP contribution in [0.4, 0.5) is 18.9 Å². The molecule has 0 saturated heterocycles. The fourth-order valence-corrected chi connectivity index (χ4v) is 2.28. The van der Waals surface area contributed by atoms with Crippen LogP contribution >= 0.6 is 0 Å². The Balaban J connectivity index is 2.78. The minimum absolute atomic E-state index is 0.00708. The van der Waals surface area contributed by atoms with E-state index >= 15 is 0 Å². The predicted octanol–water partition coefficient (Wildman–Crippen LogP) is 2.30. The third-order valence-electron chi connectivity index (χ3n) is 3.11. The molecular formula is C13H14F3N3O. The molecular weight excluding hydrogens is 271 g/mol. The number of benzene rings is 1. The standard InChI is InChI=1S/C13H14F3N3O/c1-6(2)12-11(17)13(20)19(18(12)3)7-4-8(14)10(16)9(15)5-7/h4-6H,17H2,1-3H3. The Morgan fingerprint density at radius 1 is 1.15 bits per heavy atom. The van der Waals surface area contributed by atoms with Gasteiger partial charge in [0.15, 0.2) is 17.5 Å². The molecule has 0 amide bonds. The topological polar surface area (TPSA) is 53.0 Å². The van der Waals surface area contributed by atoms with Crippen molar-refractivity contribution in [2.24, 2.45) is 7.05 Å². The second-order valence-corrected chi connectivity index (χ2v) is 4.82. The van der Waals surface area contributed by atoms with Crippen molar-refractivity contribution in [2.75, 3.05) is 5.73 Å². The lowest BCUT2D eigenvalue weighted by Gasteiger charge is -2.12. The molecule has 0 unspecified atom stereocenters. The predicted molar refractivity (Wildman–Crippen MR) is 69.4 cm³/mol. The highest BCUT2D eigenvalue weighted by Crippen LogP contribution is 2.22. The SMILES string of the molecule is CC(C)c1c(N)c(=O)n(-c2cc(F)c(F)c(F)c2)n1C. The number of rotatable bonds is 2. The lowest BCUT2D eigenvalue weighted by Crippen LogP contribution is -2.21. The van der Waals surface area contributed by atoms with Gasteiger partial charge in [-0.15, -0.1) is 0 Å². The van der Waals surface area contributed by atoms with Crippen LogP contribution in [0, 0.1) is 17.5 Å². The number of hydrogen-bond acceptors (Lipinski definition) is 2. The molecule has 0 bridgehead atoms. The Morgan fingerprint density at radius 2 is 1.65 bits per heavy atom. The zero-order valence-corrected chi connectivity index (χ0v) is 11.2. The molecule has 0 spiro atoms. The molecule has 1 heterocycles. The van der Waals surface area contributed by atoms with Crippen LogP contribution in [0.1, 0.15) is 25.5 Å². The highest BCUT2D eigenvalue weighted by molar-refractivity contribution is 5.47. The number of nitrogen functional groups attached to an aromatic ring is 1. The monoisotopic (exact) mass is 285 g/mol. The average molecular weight is 285 g/mol. The summed E-state index contributed by atoms with van der Waals surface area (Å²) < 4.78 is 42.0. The summed E-state index contributed by atoms with van der Waals surface area (Å²) in [6, 6.07) is 1.51. The first-order valence-electron chi connectivity index (χ1n) is 5.98. The number of aromatic nitrogens is 2. The van der Waals surface area contributed by atoms with Crippen LogP contribution < -0.4 is 11.3 Å². The molecule has 2 N–H and O–H groups in total. The van der Waals surface area contributed by atoms with Gasteiger partial charge < -0.3 is 5.73 Å². The molecule has 2 rings (SSSR count). The van der Waals surface area contributed by atoms with E-state index in [1.807, 2.05) is 13.8 Å². The highest BCUT2D eigenvalue weighted by atomic mass is 19.2. The van der Waals surface area contributed by atoms with Crippen molar-refractivity contribution in [3.8, 4) is 5.69 Å². The van der Waals surface area contributed by atoms with E-state index in [9.17, 15) is 18.0 Å². The van der Waals surface area contributed by atoms with Gasteiger partial charge in [0.2, 0.25) is 0 Å². The number of anilines is 1. The molecule has 0 saturated carbocycles. The Bertz CT molecular complexity index is 708. The average Bonchev–Trinajstić information content (AvgIpc) is 2.57. The van der Waals surface area contributed by atoms with Gasteiger partial charge in [-0.1, -0.05) is 13.8 Å². The molecule has 20 heavy (non-hydrogen) atoms. The summed E-state index contributed by atoms with van der Waals surface area (Å²) in [5.41, 5.74) is 5.57. The fraction of sp³-hybridized carbons (Fsp3) is 0.308. The Hall–Kier alpha value is -2.18. The van der Waals surface area contributed by atoms with Crippen molar-refractivity contribution in [3.63, 3.8) is 0 Å². The summed E-state index contributed by atoms with van der Waals surface area (Å²) in [4.78, 5) is 12.1. The number of nitrogens with two attached hydrogens (primary N) is 1. The van der Waals surface area contributed by atoms with Crippen molar-refractivity contribution in [1.29, 1.82) is 0 Å². The molecule has 0 aliphatic heterocycles. The van der Waals surface area contributed by atoms with Gasteiger partial charge in [-0.3, -0.25) is 9.48 Å². The molecule has 108 valence electrons. The zero-order chi connectivity index (χ0) is 15.2. The molecule has 0 atom stereocenters. The van der Waals surface area contributed by atoms with Gasteiger partial charge in [0.1, 0.15) is 5.69 Å². The van der Waals surface area contributed by atoms with Crippen LogP contribution in [0.25, 0.3) is 5.69 Å². The van der Waals surface area contributed by atoms with Crippen LogP contribution in [0.2, 0.25) is 0 Å².